The monoisotopic (exact) mass is 414 g/mol. The average Bonchev–Trinajstić information content (AvgIpc) is 3.51. The number of hydrogen-bond acceptors (Lipinski definition) is 4. The lowest BCUT2D eigenvalue weighted by Gasteiger charge is -2.20. The van der Waals surface area contributed by atoms with E-state index >= 15 is 0 Å². The summed E-state index contributed by atoms with van der Waals surface area (Å²) >= 11 is 0. The van der Waals surface area contributed by atoms with Gasteiger partial charge in [-0.2, -0.15) is 0 Å². The summed E-state index contributed by atoms with van der Waals surface area (Å²) in [6.07, 6.45) is 2.06. The fourth-order valence-electron chi connectivity index (χ4n) is 2.95. The number of carbonyl (C=O) groups excluding carboxylic acids is 2. The summed E-state index contributed by atoms with van der Waals surface area (Å²) in [7, 11) is -1.94. The fourth-order valence-corrected chi connectivity index (χ4v) is 4.19. The van der Waals surface area contributed by atoms with E-state index in [0.717, 1.165) is 18.4 Å². The Bertz CT molecular complexity index is 1010. The largest absolute Gasteiger partial charge is 0.349 e. The quantitative estimate of drug-likeness (QED) is 0.755. The molecule has 0 saturated heterocycles. The molecule has 0 spiro atoms. The molecular weight excluding hydrogens is 388 g/mol. The topological polar surface area (TPSA) is 83.6 Å². The molecule has 0 aromatic heterocycles. The van der Waals surface area contributed by atoms with E-state index in [1.54, 1.807) is 51.2 Å². The molecule has 0 heterocycles. The van der Waals surface area contributed by atoms with Gasteiger partial charge in [0.15, 0.2) is 9.84 Å². The first-order valence-corrected chi connectivity index (χ1v) is 11.2. The minimum absolute atomic E-state index is 0.0546. The number of carbonyl (C=O) groups is 2. The molecule has 6 nitrogen and oxygen atoms in total. The van der Waals surface area contributed by atoms with Crippen LogP contribution in [0.2, 0.25) is 0 Å². The van der Waals surface area contributed by atoms with Gasteiger partial charge in [-0.25, -0.2) is 8.42 Å². The van der Waals surface area contributed by atoms with Crippen molar-refractivity contribution in [2.75, 3.05) is 7.05 Å². The molecule has 0 atom stereocenters. The standard InChI is InChI=1S/C22H26N2O4S/c1-15(2)29(27,28)20-7-5-4-6-19(20)22(26)24(3)14-16-8-10-17(11-9-16)21(25)23-18-12-13-18/h4-11,15,18H,12-14H2,1-3H3,(H,23,25). The van der Waals surface area contributed by atoms with E-state index in [-0.39, 0.29) is 22.3 Å². The lowest BCUT2D eigenvalue weighted by Crippen LogP contribution is -2.29. The van der Waals surface area contributed by atoms with Gasteiger partial charge in [0.1, 0.15) is 0 Å². The first-order chi connectivity index (χ1) is 13.7. The second kappa shape index (κ2) is 8.37. The Morgan fingerprint density at radius 3 is 2.28 bits per heavy atom. The smallest absolute Gasteiger partial charge is 0.255 e. The number of nitrogens with zero attached hydrogens (tertiary/aromatic N) is 1. The molecule has 1 saturated carbocycles. The number of sulfone groups is 1. The Balaban J connectivity index is 1.74. The van der Waals surface area contributed by atoms with E-state index in [1.165, 1.54) is 11.0 Å². The zero-order chi connectivity index (χ0) is 21.2. The van der Waals surface area contributed by atoms with E-state index in [1.807, 2.05) is 12.1 Å². The van der Waals surface area contributed by atoms with Crippen LogP contribution in [-0.4, -0.2) is 43.5 Å². The van der Waals surface area contributed by atoms with Crippen LogP contribution in [-0.2, 0) is 16.4 Å². The maximum atomic E-state index is 12.9. The van der Waals surface area contributed by atoms with Gasteiger partial charge in [0.05, 0.1) is 15.7 Å². The molecule has 0 aliphatic heterocycles. The highest BCUT2D eigenvalue weighted by atomic mass is 32.2. The van der Waals surface area contributed by atoms with Crippen molar-refractivity contribution in [2.45, 2.75) is 49.4 Å². The van der Waals surface area contributed by atoms with Gasteiger partial charge in [-0.3, -0.25) is 9.59 Å². The van der Waals surface area contributed by atoms with Crippen LogP contribution in [0.4, 0.5) is 0 Å². The van der Waals surface area contributed by atoms with Crippen LogP contribution in [0, 0.1) is 0 Å². The zero-order valence-electron chi connectivity index (χ0n) is 16.9. The van der Waals surface area contributed by atoms with E-state index in [9.17, 15) is 18.0 Å². The molecule has 29 heavy (non-hydrogen) atoms. The number of nitrogens with one attached hydrogen (secondary N) is 1. The lowest BCUT2D eigenvalue weighted by molar-refractivity contribution is 0.0780. The SMILES string of the molecule is CC(C)S(=O)(=O)c1ccccc1C(=O)N(C)Cc1ccc(C(=O)NC2CC2)cc1. The molecule has 3 rings (SSSR count). The second-order valence-corrected chi connectivity index (χ2v) is 10.2. The fraction of sp³-hybridized carbons (Fsp3) is 0.364. The highest BCUT2D eigenvalue weighted by molar-refractivity contribution is 7.92. The molecule has 7 heteroatoms. The molecule has 1 N–H and O–H groups in total. The number of amides is 2. The van der Waals surface area contributed by atoms with Gasteiger partial charge in [-0.15, -0.1) is 0 Å². The van der Waals surface area contributed by atoms with Gasteiger partial charge >= 0.3 is 0 Å². The third-order valence-electron chi connectivity index (χ3n) is 4.94. The summed E-state index contributed by atoms with van der Waals surface area (Å²) in [5.74, 6) is -0.448. The summed E-state index contributed by atoms with van der Waals surface area (Å²) < 4.78 is 25.2. The molecule has 1 fully saturated rings. The predicted molar refractivity (Wildman–Crippen MR) is 111 cm³/mol. The maximum Gasteiger partial charge on any atom is 0.255 e. The van der Waals surface area contributed by atoms with Crippen LogP contribution in [0.25, 0.3) is 0 Å². The highest BCUT2D eigenvalue weighted by Gasteiger charge is 2.27. The van der Waals surface area contributed by atoms with Crippen molar-refractivity contribution in [3.8, 4) is 0 Å². The van der Waals surface area contributed by atoms with Gasteiger partial charge in [-0.1, -0.05) is 24.3 Å². The van der Waals surface area contributed by atoms with Crippen molar-refractivity contribution in [2.24, 2.45) is 0 Å². The van der Waals surface area contributed by atoms with Crippen LogP contribution in [0.15, 0.2) is 53.4 Å². The van der Waals surface area contributed by atoms with Crippen molar-refractivity contribution in [1.82, 2.24) is 10.2 Å². The Labute approximate surface area is 171 Å². The summed E-state index contributed by atoms with van der Waals surface area (Å²) in [6.45, 7) is 3.50. The Kier molecular flexibility index (Phi) is 6.07. The molecule has 0 unspecified atom stereocenters. The predicted octanol–water partition coefficient (Wildman–Crippen LogP) is 3.03. The van der Waals surface area contributed by atoms with Crippen LogP contribution >= 0.6 is 0 Å². The summed E-state index contributed by atoms with van der Waals surface area (Å²) in [5, 5.41) is 2.32. The number of hydrogen-bond donors (Lipinski definition) is 1. The molecule has 2 amide bonds. The van der Waals surface area contributed by atoms with Crippen molar-refractivity contribution < 1.29 is 18.0 Å². The van der Waals surface area contributed by atoms with E-state index in [0.29, 0.717) is 18.2 Å². The second-order valence-electron chi connectivity index (χ2n) is 7.70. The van der Waals surface area contributed by atoms with Crippen LogP contribution in [0.3, 0.4) is 0 Å². The summed E-state index contributed by atoms with van der Waals surface area (Å²) in [5.41, 5.74) is 1.61. The molecular formula is C22H26N2O4S. The summed E-state index contributed by atoms with van der Waals surface area (Å²) in [6, 6.07) is 13.7. The van der Waals surface area contributed by atoms with Crippen LogP contribution < -0.4 is 5.32 Å². The van der Waals surface area contributed by atoms with E-state index < -0.39 is 15.1 Å². The van der Waals surface area contributed by atoms with Gasteiger partial charge in [0, 0.05) is 25.2 Å². The highest BCUT2D eigenvalue weighted by Crippen LogP contribution is 2.22. The summed E-state index contributed by atoms with van der Waals surface area (Å²) in [4.78, 5) is 26.6. The molecule has 1 aliphatic carbocycles. The first-order valence-electron chi connectivity index (χ1n) is 9.68. The third kappa shape index (κ3) is 4.85. The average molecular weight is 415 g/mol. The minimum atomic E-state index is -3.57. The van der Waals surface area contributed by atoms with Crippen molar-refractivity contribution in [3.63, 3.8) is 0 Å². The molecule has 0 radical (unpaired) electrons. The van der Waals surface area contributed by atoms with Gasteiger partial charge < -0.3 is 10.2 Å². The molecule has 154 valence electrons. The van der Waals surface area contributed by atoms with E-state index in [4.69, 9.17) is 0 Å². The van der Waals surface area contributed by atoms with Crippen molar-refractivity contribution in [1.29, 1.82) is 0 Å². The van der Waals surface area contributed by atoms with Crippen LogP contribution in [0.5, 0.6) is 0 Å². The molecule has 2 aromatic carbocycles. The first kappa shape index (κ1) is 21.0. The number of rotatable bonds is 7. The van der Waals surface area contributed by atoms with Gasteiger partial charge in [-0.05, 0) is 56.5 Å². The normalized spacial score (nSPS) is 13.9. The van der Waals surface area contributed by atoms with Gasteiger partial charge in [0.25, 0.3) is 11.8 Å². The Morgan fingerprint density at radius 1 is 1.07 bits per heavy atom. The van der Waals surface area contributed by atoms with Crippen LogP contribution in [0.1, 0.15) is 53.0 Å². The maximum absolute atomic E-state index is 12.9. The number of benzene rings is 2. The molecule has 0 bridgehead atoms. The third-order valence-corrected chi connectivity index (χ3v) is 7.15. The van der Waals surface area contributed by atoms with Crippen molar-refractivity contribution in [3.05, 3.63) is 65.2 Å². The van der Waals surface area contributed by atoms with Gasteiger partial charge in [0.2, 0.25) is 0 Å². The minimum Gasteiger partial charge on any atom is -0.349 e. The lowest BCUT2D eigenvalue weighted by atomic mass is 10.1. The zero-order valence-corrected chi connectivity index (χ0v) is 17.7. The Hall–Kier alpha value is -2.67. The Morgan fingerprint density at radius 2 is 1.69 bits per heavy atom. The van der Waals surface area contributed by atoms with E-state index in [2.05, 4.69) is 5.32 Å². The van der Waals surface area contributed by atoms with Crippen molar-refractivity contribution >= 4 is 21.7 Å². The molecule has 2 aromatic rings. The molecule has 1 aliphatic rings.